The third-order valence-electron chi connectivity index (χ3n) is 3.79. The lowest BCUT2D eigenvalue weighted by molar-refractivity contribution is -0.168. The van der Waals surface area contributed by atoms with Gasteiger partial charge in [-0.3, -0.25) is 4.79 Å². The first-order valence-electron chi connectivity index (χ1n) is 6.61. The van der Waals surface area contributed by atoms with Gasteiger partial charge in [0.2, 0.25) is 0 Å². The highest BCUT2D eigenvalue weighted by atomic mass is 16.5. The Hall–Kier alpha value is -0.610. The van der Waals surface area contributed by atoms with E-state index in [1.165, 1.54) is 12.8 Å². The zero-order valence-electron chi connectivity index (χ0n) is 10.7. The lowest BCUT2D eigenvalue weighted by Gasteiger charge is -2.28. The van der Waals surface area contributed by atoms with Crippen LogP contribution < -0.4 is 0 Å². The molecule has 100 valence electrons. The molecule has 1 aliphatic carbocycles. The summed E-state index contributed by atoms with van der Waals surface area (Å²) in [6.45, 7) is 1.07. The van der Waals surface area contributed by atoms with Crippen LogP contribution in [0.5, 0.6) is 0 Å². The van der Waals surface area contributed by atoms with Gasteiger partial charge in [-0.1, -0.05) is 19.8 Å². The molecular weight excluding hydrogens is 220 g/mol. The number of aliphatic hydroxyl groups excluding tert-OH is 2. The molecular formula is C13H24O4. The molecule has 17 heavy (non-hydrogen) atoms. The SMILES string of the molecule is CCC(CO)(CO)C(=O)OC1CCCCCC1. The topological polar surface area (TPSA) is 66.8 Å². The van der Waals surface area contributed by atoms with Crippen LogP contribution in [0.2, 0.25) is 0 Å². The van der Waals surface area contributed by atoms with Gasteiger partial charge in [-0.05, 0) is 32.1 Å². The number of aliphatic hydroxyl groups is 2. The summed E-state index contributed by atoms with van der Waals surface area (Å²) < 4.78 is 5.45. The molecule has 1 aliphatic rings. The second kappa shape index (κ2) is 6.97. The fraction of sp³-hybridized carbons (Fsp3) is 0.923. The molecule has 4 heteroatoms. The molecule has 0 aromatic rings. The average molecular weight is 244 g/mol. The number of rotatable bonds is 5. The third kappa shape index (κ3) is 3.68. The Balaban J connectivity index is 2.56. The van der Waals surface area contributed by atoms with Crippen molar-refractivity contribution in [2.75, 3.05) is 13.2 Å². The number of esters is 1. The van der Waals surface area contributed by atoms with Crippen molar-refractivity contribution in [3.05, 3.63) is 0 Å². The van der Waals surface area contributed by atoms with E-state index in [2.05, 4.69) is 0 Å². The van der Waals surface area contributed by atoms with Gasteiger partial charge < -0.3 is 14.9 Å². The maximum atomic E-state index is 12.0. The molecule has 0 unspecified atom stereocenters. The monoisotopic (exact) mass is 244 g/mol. The first-order valence-corrected chi connectivity index (χ1v) is 6.61. The van der Waals surface area contributed by atoms with Crippen molar-refractivity contribution in [1.82, 2.24) is 0 Å². The Morgan fingerprint density at radius 1 is 1.18 bits per heavy atom. The van der Waals surface area contributed by atoms with Crippen LogP contribution in [-0.2, 0) is 9.53 Å². The van der Waals surface area contributed by atoms with Crippen LogP contribution in [0.25, 0.3) is 0 Å². The van der Waals surface area contributed by atoms with Gasteiger partial charge in [0, 0.05) is 0 Å². The molecule has 0 heterocycles. The largest absolute Gasteiger partial charge is 0.462 e. The summed E-state index contributed by atoms with van der Waals surface area (Å²) >= 11 is 0. The van der Waals surface area contributed by atoms with Gasteiger partial charge in [-0.2, -0.15) is 0 Å². The van der Waals surface area contributed by atoms with Crippen molar-refractivity contribution in [3.8, 4) is 0 Å². The fourth-order valence-electron chi connectivity index (χ4n) is 2.18. The second-order valence-electron chi connectivity index (χ2n) is 4.97. The number of ether oxygens (including phenoxy) is 1. The molecule has 1 saturated carbocycles. The molecule has 0 bridgehead atoms. The number of carbonyl (C=O) groups is 1. The fourth-order valence-corrected chi connectivity index (χ4v) is 2.18. The van der Waals surface area contributed by atoms with Crippen LogP contribution in [0.15, 0.2) is 0 Å². The summed E-state index contributed by atoms with van der Waals surface area (Å²) in [5, 5.41) is 18.5. The molecule has 0 aromatic carbocycles. The van der Waals surface area contributed by atoms with E-state index < -0.39 is 11.4 Å². The van der Waals surface area contributed by atoms with Crippen molar-refractivity contribution in [1.29, 1.82) is 0 Å². The minimum absolute atomic E-state index is 0.0333. The van der Waals surface area contributed by atoms with Gasteiger partial charge in [0.25, 0.3) is 0 Å². The molecule has 0 saturated heterocycles. The second-order valence-corrected chi connectivity index (χ2v) is 4.97. The lowest BCUT2D eigenvalue weighted by Crippen LogP contribution is -2.41. The van der Waals surface area contributed by atoms with E-state index in [-0.39, 0.29) is 19.3 Å². The quantitative estimate of drug-likeness (QED) is 0.570. The van der Waals surface area contributed by atoms with E-state index in [0.717, 1.165) is 25.7 Å². The molecule has 0 radical (unpaired) electrons. The minimum Gasteiger partial charge on any atom is -0.462 e. The molecule has 0 atom stereocenters. The average Bonchev–Trinajstić information content (AvgIpc) is 2.61. The maximum Gasteiger partial charge on any atom is 0.317 e. The molecule has 0 spiro atoms. The standard InChI is InChI=1S/C13H24O4/c1-2-13(9-14,10-15)12(16)17-11-7-5-3-4-6-8-11/h11,14-15H,2-10H2,1H3. The minimum atomic E-state index is -1.12. The molecule has 1 rings (SSSR count). The molecule has 4 nitrogen and oxygen atoms in total. The van der Waals surface area contributed by atoms with Crippen molar-refractivity contribution in [3.63, 3.8) is 0 Å². The summed E-state index contributed by atoms with van der Waals surface area (Å²) in [6, 6.07) is 0. The predicted molar refractivity (Wildman–Crippen MR) is 64.5 cm³/mol. The van der Waals surface area contributed by atoms with Crippen molar-refractivity contribution in [2.24, 2.45) is 5.41 Å². The van der Waals surface area contributed by atoms with Crippen molar-refractivity contribution in [2.45, 2.75) is 58.0 Å². The summed E-state index contributed by atoms with van der Waals surface area (Å²) in [5.41, 5.74) is -1.12. The van der Waals surface area contributed by atoms with E-state index in [1.54, 1.807) is 6.92 Å². The Morgan fingerprint density at radius 2 is 1.71 bits per heavy atom. The van der Waals surface area contributed by atoms with E-state index in [1.807, 2.05) is 0 Å². The summed E-state index contributed by atoms with van der Waals surface area (Å²) in [4.78, 5) is 12.0. The summed E-state index contributed by atoms with van der Waals surface area (Å²) in [5.74, 6) is -0.447. The van der Waals surface area contributed by atoms with Crippen molar-refractivity contribution < 1.29 is 19.7 Å². The van der Waals surface area contributed by atoms with Crippen LogP contribution >= 0.6 is 0 Å². The zero-order chi connectivity index (χ0) is 12.7. The molecule has 0 aromatic heterocycles. The van der Waals surface area contributed by atoms with E-state index in [4.69, 9.17) is 4.74 Å². The number of carbonyl (C=O) groups excluding carboxylic acids is 1. The van der Waals surface area contributed by atoms with Gasteiger partial charge >= 0.3 is 5.97 Å². The van der Waals surface area contributed by atoms with Gasteiger partial charge in [-0.15, -0.1) is 0 Å². The van der Waals surface area contributed by atoms with Gasteiger partial charge in [0.05, 0.1) is 13.2 Å². The zero-order valence-corrected chi connectivity index (χ0v) is 10.7. The first-order chi connectivity index (χ1) is 8.18. The van der Waals surface area contributed by atoms with Crippen molar-refractivity contribution >= 4 is 5.97 Å². The maximum absolute atomic E-state index is 12.0. The first kappa shape index (κ1) is 14.5. The molecule has 0 aliphatic heterocycles. The van der Waals surface area contributed by atoms with Crippen LogP contribution in [-0.4, -0.2) is 35.5 Å². The van der Waals surface area contributed by atoms with Crippen LogP contribution in [0.4, 0.5) is 0 Å². The van der Waals surface area contributed by atoms with Gasteiger partial charge in [-0.25, -0.2) is 0 Å². The normalized spacial score (nSPS) is 18.8. The highest BCUT2D eigenvalue weighted by Gasteiger charge is 2.38. The lowest BCUT2D eigenvalue weighted by atomic mass is 9.87. The summed E-state index contributed by atoms with van der Waals surface area (Å²) in [7, 11) is 0. The highest BCUT2D eigenvalue weighted by Crippen LogP contribution is 2.26. The Labute approximate surface area is 103 Å². The van der Waals surface area contributed by atoms with Gasteiger partial charge in [0.15, 0.2) is 0 Å². The van der Waals surface area contributed by atoms with Gasteiger partial charge in [0.1, 0.15) is 11.5 Å². The van der Waals surface area contributed by atoms with Crippen LogP contribution in [0.1, 0.15) is 51.9 Å². The summed E-state index contributed by atoms with van der Waals surface area (Å²) in [6.07, 6.45) is 6.76. The Kier molecular flexibility index (Phi) is 5.92. The number of hydrogen-bond acceptors (Lipinski definition) is 4. The van der Waals surface area contributed by atoms with E-state index in [0.29, 0.717) is 6.42 Å². The predicted octanol–water partition coefficient (Wildman–Crippen LogP) is 1.63. The highest BCUT2D eigenvalue weighted by molar-refractivity contribution is 5.77. The molecule has 0 amide bonds. The van der Waals surface area contributed by atoms with Crippen LogP contribution in [0, 0.1) is 5.41 Å². The third-order valence-corrected chi connectivity index (χ3v) is 3.79. The smallest absolute Gasteiger partial charge is 0.317 e. The van der Waals surface area contributed by atoms with E-state index >= 15 is 0 Å². The Morgan fingerprint density at radius 3 is 2.12 bits per heavy atom. The molecule has 2 N–H and O–H groups in total. The number of hydrogen-bond donors (Lipinski definition) is 2. The van der Waals surface area contributed by atoms with E-state index in [9.17, 15) is 15.0 Å². The van der Waals surface area contributed by atoms with Crippen LogP contribution in [0.3, 0.4) is 0 Å². The molecule has 1 fully saturated rings. The Bertz CT molecular complexity index is 219.